The number of hydrogen-bond donors (Lipinski definition) is 2. The van der Waals surface area contributed by atoms with Crippen LogP contribution in [0.2, 0.25) is 0 Å². The van der Waals surface area contributed by atoms with Crippen molar-refractivity contribution in [3.8, 4) is 0 Å². The number of esters is 2. The van der Waals surface area contributed by atoms with E-state index in [0.29, 0.717) is 25.9 Å². The van der Waals surface area contributed by atoms with Gasteiger partial charge in [0, 0.05) is 12.8 Å². The molecule has 0 saturated heterocycles. The van der Waals surface area contributed by atoms with Crippen LogP contribution in [0, 0.1) is 0 Å². The molecule has 2 N–H and O–H groups in total. The number of unbranched alkanes of at least 4 members (excludes halogenated alkanes) is 28. The molecule has 0 aromatic carbocycles. The van der Waals surface area contributed by atoms with E-state index in [9.17, 15) is 27.7 Å². The lowest BCUT2D eigenvalue weighted by molar-refractivity contribution is -0.885. The maximum absolute atomic E-state index is 12.5. The average molecular weight is 780 g/mol. The molecular weight excluding hydrogens is 695 g/mol. The van der Waals surface area contributed by atoms with Gasteiger partial charge in [-0.3, -0.25) is 13.8 Å². The number of aliphatic hydroxyl groups is 1. The van der Waals surface area contributed by atoms with Gasteiger partial charge < -0.3 is 24.0 Å². The third-order valence-electron chi connectivity index (χ3n) is 9.75. The molecule has 0 amide bonds. The predicted molar refractivity (Wildman–Crippen MR) is 215 cm³/mol. The minimum absolute atomic E-state index is 0.0404. The Labute approximate surface area is 327 Å². The number of rotatable bonds is 39. The fourth-order valence-corrected chi connectivity index (χ4v) is 6.38. The van der Waals surface area contributed by atoms with Crippen LogP contribution in [-0.4, -0.2) is 70.2 Å². The van der Waals surface area contributed by atoms with Crippen LogP contribution >= 0.6 is 0 Å². The van der Waals surface area contributed by atoms with Gasteiger partial charge in [-0.1, -0.05) is 194 Å². The Morgan fingerprint density at radius 1 is 0.547 bits per heavy atom. The number of carbonyl (C=O) groups excluding carboxylic acids is 2. The van der Waals surface area contributed by atoms with Gasteiger partial charge >= 0.3 is 11.9 Å². The van der Waals surface area contributed by atoms with E-state index in [2.05, 4.69) is 18.0 Å². The van der Waals surface area contributed by atoms with Gasteiger partial charge in [0.2, 0.25) is 10.4 Å². The highest BCUT2D eigenvalue weighted by Crippen LogP contribution is 2.16. The molecule has 11 heteroatoms. The fourth-order valence-electron chi connectivity index (χ4n) is 6.38. The summed E-state index contributed by atoms with van der Waals surface area (Å²) in [5.41, 5.74) is 0. The molecule has 0 aromatic rings. The van der Waals surface area contributed by atoms with Crippen molar-refractivity contribution in [3.63, 3.8) is 0 Å². The standard InChI is InChI=1S/C41H81NO5.CH4O4S/c1-4-6-8-10-12-14-16-18-20-22-24-26-28-30-32-34-39(44)46-41(38-42(3)36-37-43)47-40(45)35-33-31-29-27-25-23-21-19-17-15-13-11-9-7-5-2;1-5-6(2,3)4/h41,43H,4-38H2,1-3H3;1H3,(H,2,3,4). The van der Waals surface area contributed by atoms with Crippen molar-refractivity contribution in [2.24, 2.45) is 0 Å². The summed E-state index contributed by atoms with van der Waals surface area (Å²) in [6.07, 6.45) is 38.5. The van der Waals surface area contributed by atoms with E-state index in [4.69, 9.17) is 9.47 Å². The van der Waals surface area contributed by atoms with Gasteiger partial charge in [0.15, 0.2) is 6.54 Å². The maximum Gasteiger partial charge on any atom is 0.309 e. The topological polar surface area (TPSA) is 144 Å². The maximum atomic E-state index is 12.5. The Bertz CT molecular complexity index is 840. The van der Waals surface area contributed by atoms with Gasteiger partial charge in [-0.2, -0.15) is 0 Å². The van der Waals surface area contributed by atoms with E-state index in [1.165, 1.54) is 154 Å². The third-order valence-corrected chi connectivity index (χ3v) is 10.2. The monoisotopic (exact) mass is 780 g/mol. The molecule has 318 valence electrons. The first-order chi connectivity index (χ1) is 25.6. The van der Waals surface area contributed by atoms with Gasteiger partial charge in [0.1, 0.15) is 6.54 Å². The number of aliphatic hydroxyl groups excluding tert-OH is 1. The van der Waals surface area contributed by atoms with E-state index in [1.807, 2.05) is 7.05 Å². The van der Waals surface area contributed by atoms with Crippen LogP contribution in [0.25, 0.3) is 0 Å². The van der Waals surface area contributed by atoms with Crippen molar-refractivity contribution in [1.82, 2.24) is 0 Å². The normalized spacial score (nSPS) is 12.1. The second kappa shape index (κ2) is 41.9. The summed E-state index contributed by atoms with van der Waals surface area (Å²) in [6.45, 7) is 5.46. The predicted octanol–water partition coefficient (Wildman–Crippen LogP) is 9.52. The fraction of sp³-hybridized carbons (Fsp3) is 0.952. The summed E-state index contributed by atoms with van der Waals surface area (Å²) in [6, 6.07) is 0. The van der Waals surface area contributed by atoms with Crippen LogP contribution in [0.1, 0.15) is 219 Å². The van der Waals surface area contributed by atoms with E-state index in [-0.39, 0.29) is 18.5 Å². The second-order valence-corrected chi connectivity index (χ2v) is 16.2. The minimum Gasteiger partial charge on any atom is -0.726 e. The zero-order chi connectivity index (χ0) is 39.7. The summed E-state index contributed by atoms with van der Waals surface area (Å²) >= 11 is 0. The Balaban J connectivity index is 0. The van der Waals surface area contributed by atoms with Crippen molar-refractivity contribution in [1.29, 1.82) is 0 Å². The molecule has 10 nitrogen and oxygen atoms in total. The lowest BCUT2D eigenvalue weighted by Crippen LogP contribution is -3.10. The van der Waals surface area contributed by atoms with Crippen molar-refractivity contribution in [3.05, 3.63) is 0 Å². The molecule has 0 aliphatic heterocycles. The first-order valence-electron chi connectivity index (χ1n) is 21.9. The molecule has 0 rings (SSSR count). The molecule has 1 atom stereocenters. The Morgan fingerprint density at radius 3 is 1.02 bits per heavy atom. The lowest BCUT2D eigenvalue weighted by Gasteiger charge is -2.21. The number of likely N-dealkylation sites (N-methyl/N-ethyl adjacent to an activating group) is 1. The van der Waals surface area contributed by atoms with Crippen LogP contribution in [-0.2, 0) is 33.6 Å². The van der Waals surface area contributed by atoms with Crippen molar-refractivity contribution < 1.29 is 46.2 Å². The average Bonchev–Trinajstić information content (AvgIpc) is 3.11. The van der Waals surface area contributed by atoms with Gasteiger partial charge in [-0.25, -0.2) is 8.42 Å². The van der Waals surface area contributed by atoms with Crippen molar-refractivity contribution >= 4 is 22.3 Å². The highest BCUT2D eigenvalue weighted by molar-refractivity contribution is 7.80. The summed E-state index contributed by atoms with van der Waals surface area (Å²) in [7, 11) is -1.69. The number of ether oxygens (including phenoxy) is 2. The molecule has 0 heterocycles. The molecule has 0 aliphatic rings. The molecule has 0 radical (unpaired) electrons. The molecule has 0 aromatic heterocycles. The number of quaternary nitrogens is 1. The Kier molecular flexibility index (Phi) is 42.5. The second-order valence-electron chi connectivity index (χ2n) is 15.0. The first-order valence-corrected chi connectivity index (χ1v) is 23.2. The smallest absolute Gasteiger partial charge is 0.309 e. The zero-order valence-electron chi connectivity index (χ0n) is 34.9. The lowest BCUT2D eigenvalue weighted by atomic mass is 10.0. The summed E-state index contributed by atoms with van der Waals surface area (Å²) < 4.78 is 42.2. The summed E-state index contributed by atoms with van der Waals surface area (Å²) in [4.78, 5) is 26.1. The van der Waals surface area contributed by atoms with E-state index in [0.717, 1.165) is 50.5 Å². The Hall–Kier alpha value is -1.27. The molecule has 0 bridgehead atoms. The molecule has 1 unspecified atom stereocenters. The van der Waals surface area contributed by atoms with Crippen molar-refractivity contribution in [2.75, 3.05) is 33.9 Å². The largest absolute Gasteiger partial charge is 0.726 e. The molecule has 0 fully saturated rings. The van der Waals surface area contributed by atoms with Gasteiger partial charge in [0.25, 0.3) is 6.29 Å². The van der Waals surface area contributed by atoms with Crippen LogP contribution in [0.4, 0.5) is 0 Å². The van der Waals surface area contributed by atoms with Crippen molar-refractivity contribution in [2.45, 2.75) is 226 Å². The van der Waals surface area contributed by atoms with Crippen LogP contribution in [0.3, 0.4) is 0 Å². The van der Waals surface area contributed by atoms with Crippen LogP contribution in [0.15, 0.2) is 0 Å². The van der Waals surface area contributed by atoms with E-state index < -0.39 is 16.7 Å². The minimum atomic E-state index is -4.41. The Morgan fingerprint density at radius 2 is 0.792 bits per heavy atom. The first kappa shape index (κ1) is 53.8. The molecule has 0 saturated carbocycles. The van der Waals surface area contributed by atoms with Gasteiger partial charge in [-0.05, 0) is 12.8 Å². The molecule has 53 heavy (non-hydrogen) atoms. The number of carbonyl (C=O) groups is 2. The number of nitrogens with one attached hydrogen (secondary N) is 1. The molecule has 0 aliphatic carbocycles. The summed E-state index contributed by atoms with van der Waals surface area (Å²) in [5.74, 6) is -0.581. The molecular formula is C42H85NO9S. The van der Waals surface area contributed by atoms with Gasteiger partial charge in [-0.15, -0.1) is 0 Å². The highest BCUT2D eigenvalue weighted by Gasteiger charge is 2.23. The van der Waals surface area contributed by atoms with Crippen LogP contribution in [0.5, 0.6) is 0 Å². The summed E-state index contributed by atoms with van der Waals surface area (Å²) in [5, 5.41) is 9.28. The third kappa shape index (κ3) is 46.8. The zero-order valence-corrected chi connectivity index (χ0v) is 35.8. The van der Waals surface area contributed by atoms with E-state index in [1.54, 1.807) is 0 Å². The number of hydrogen-bond acceptors (Lipinski definition) is 9. The quantitative estimate of drug-likeness (QED) is 0.0205. The highest BCUT2D eigenvalue weighted by atomic mass is 32.3. The molecule has 0 spiro atoms. The van der Waals surface area contributed by atoms with Crippen LogP contribution < -0.4 is 4.90 Å². The SMILES string of the molecule is CCCCCCCCCCCCCCCCCC(=O)OC(C[NH+](C)CCO)OC(=O)CCCCCCCCCCCCCCCCC.COS(=O)(=O)[O-]. The van der Waals surface area contributed by atoms with E-state index >= 15 is 0 Å². The van der Waals surface area contributed by atoms with Gasteiger partial charge in [0.05, 0.1) is 20.8 Å².